The van der Waals surface area contributed by atoms with Crippen LogP contribution in [0.1, 0.15) is 38.5 Å². The van der Waals surface area contributed by atoms with Gasteiger partial charge in [0.15, 0.2) is 0 Å². The van der Waals surface area contributed by atoms with Gasteiger partial charge in [-0.05, 0) is 12.3 Å². The molecule has 4 N–H and O–H groups in total. The number of nitrogens with two attached hydrogens (primary N) is 1. The molecule has 0 saturated heterocycles. The summed E-state index contributed by atoms with van der Waals surface area (Å²) in [5, 5.41) is 9.77. The first-order chi connectivity index (χ1) is 8.65. The predicted octanol–water partition coefficient (Wildman–Crippen LogP) is 0.879. The van der Waals surface area contributed by atoms with Crippen molar-refractivity contribution < 1.29 is 14.7 Å². The van der Waals surface area contributed by atoms with Crippen LogP contribution in [0, 0.1) is 5.92 Å². The molecule has 1 amide bonds. The molecule has 1 aliphatic rings. The van der Waals surface area contributed by atoms with E-state index in [1.807, 2.05) is 0 Å². The summed E-state index contributed by atoms with van der Waals surface area (Å²) < 4.78 is 0. The summed E-state index contributed by atoms with van der Waals surface area (Å²) in [5.41, 5.74) is 8.03. The smallest absolute Gasteiger partial charge is 0.273 e. The summed E-state index contributed by atoms with van der Waals surface area (Å²) in [6.45, 7) is 3.66. The monoisotopic (exact) mass is 256 g/mol. The summed E-state index contributed by atoms with van der Waals surface area (Å²) in [7, 11) is 0. The van der Waals surface area contributed by atoms with Crippen molar-refractivity contribution >= 4 is 5.91 Å². The predicted molar refractivity (Wildman–Crippen MR) is 69.5 cm³/mol. The van der Waals surface area contributed by atoms with Crippen molar-refractivity contribution in [3.63, 3.8) is 0 Å². The van der Waals surface area contributed by atoms with Crippen LogP contribution in [-0.2, 0) is 9.63 Å². The lowest BCUT2D eigenvalue weighted by Crippen LogP contribution is -2.47. The van der Waals surface area contributed by atoms with Gasteiger partial charge in [-0.25, -0.2) is 5.48 Å². The second-order valence-electron chi connectivity index (χ2n) is 4.91. The average molecular weight is 256 g/mol. The number of carbonyl (C=O) groups excluding carboxylic acids is 1. The Morgan fingerprint density at radius 3 is 2.78 bits per heavy atom. The van der Waals surface area contributed by atoms with Crippen LogP contribution in [0.4, 0.5) is 0 Å². The maximum Gasteiger partial charge on any atom is 0.273 e. The summed E-state index contributed by atoms with van der Waals surface area (Å²) in [6.07, 6.45) is 7.01. The van der Waals surface area contributed by atoms with Gasteiger partial charge in [0, 0.05) is 6.04 Å². The third-order valence-corrected chi connectivity index (χ3v) is 3.38. The Hall–Kier alpha value is -0.910. The molecule has 2 atom stereocenters. The quantitative estimate of drug-likeness (QED) is 0.358. The topological polar surface area (TPSA) is 84.6 Å². The molecular weight excluding hydrogens is 232 g/mol. The van der Waals surface area contributed by atoms with Crippen molar-refractivity contribution in [3.05, 3.63) is 12.7 Å². The highest BCUT2D eigenvalue weighted by Gasteiger charge is 2.26. The highest BCUT2D eigenvalue weighted by Crippen LogP contribution is 2.27. The normalized spacial score (nSPS) is 20.1. The number of aliphatic hydroxyl groups is 1. The molecule has 5 heteroatoms. The molecule has 104 valence electrons. The zero-order valence-electron chi connectivity index (χ0n) is 10.8. The van der Waals surface area contributed by atoms with Crippen molar-refractivity contribution in [1.82, 2.24) is 5.48 Å². The standard InChI is InChI=1S/C13H24N2O3/c1-2-8-18-15-13(17)12(16)11(14)9-10-6-4-3-5-7-10/h2,10-12,16H,1,3-9,14H2,(H,15,17)/t11-,12?/m1/s1. The Labute approximate surface area is 108 Å². The van der Waals surface area contributed by atoms with E-state index < -0.39 is 18.1 Å². The summed E-state index contributed by atoms with van der Waals surface area (Å²) >= 11 is 0. The second kappa shape index (κ2) is 8.24. The Morgan fingerprint density at radius 2 is 2.17 bits per heavy atom. The molecule has 5 nitrogen and oxygen atoms in total. The first kappa shape index (κ1) is 15.1. The van der Waals surface area contributed by atoms with Gasteiger partial charge >= 0.3 is 0 Å². The number of hydrogen-bond donors (Lipinski definition) is 3. The van der Waals surface area contributed by atoms with Gasteiger partial charge in [0.2, 0.25) is 0 Å². The molecule has 0 radical (unpaired) electrons. The lowest BCUT2D eigenvalue weighted by molar-refractivity contribution is -0.142. The maximum absolute atomic E-state index is 11.5. The van der Waals surface area contributed by atoms with Crippen molar-refractivity contribution in [2.24, 2.45) is 11.7 Å². The van der Waals surface area contributed by atoms with E-state index in [0.717, 1.165) is 12.8 Å². The maximum atomic E-state index is 11.5. The number of amides is 1. The first-order valence-corrected chi connectivity index (χ1v) is 6.61. The third kappa shape index (κ3) is 5.16. The fourth-order valence-electron chi connectivity index (χ4n) is 2.36. The van der Waals surface area contributed by atoms with E-state index >= 15 is 0 Å². The Kier molecular flexibility index (Phi) is 6.93. The summed E-state index contributed by atoms with van der Waals surface area (Å²) in [5.74, 6) is -0.0505. The van der Waals surface area contributed by atoms with Crippen molar-refractivity contribution in [1.29, 1.82) is 0 Å². The number of aliphatic hydroxyl groups excluding tert-OH is 1. The largest absolute Gasteiger partial charge is 0.382 e. The lowest BCUT2D eigenvalue weighted by Gasteiger charge is -2.26. The van der Waals surface area contributed by atoms with Gasteiger partial charge < -0.3 is 10.8 Å². The fraction of sp³-hybridized carbons (Fsp3) is 0.769. The van der Waals surface area contributed by atoms with E-state index in [0.29, 0.717) is 12.3 Å². The van der Waals surface area contributed by atoms with Crippen LogP contribution in [0.2, 0.25) is 0 Å². The van der Waals surface area contributed by atoms with Crippen LogP contribution in [0.25, 0.3) is 0 Å². The van der Waals surface area contributed by atoms with E-state index in [4.69, 9.17) is 10.6 Å². The van der Waals surface area contributed by atoms with Gasteiger partial charge in [-0.2, -0.15) is 0 Å². The molecule has 0 aromatic rings. The van der Waals surface area contributed by atoms with Gasteiger partial charge in [-0.1, -0.05) is 38.2 Å². The molecule has 0 bridgehead atoms. The van der Waals surface area contributed by atoms with Crippen LogP contribution in [-0.4, -0.2) is 29.8 Å². The number of hydroxylamine groups is 1. The van der Waals surface area contributed by atoms with Gasteiger partial charge in [0.05, 0.1) is 6.61 Å². The molecule has 0 aromatic heterocycles. The molecule has 1 saturated carbocycles. The van der Waals surface area contributed by atoms with E-state index in [1.54, 1.807) is 0 Å². The van der Waals surface area contributed by atoms with E-state index in [2.05, 4.69) is 12.1 Å². The molecule has 1 rings (SSSR count). The van der Waals surface area contributed by atoms with Crippen LogP contribution in [0.3, 0.4) is 0 Å². The first-order valence-electron chi connectivity index (χ1n) is 6.61. The number of rotatable bonds is 7. The Bertz CT molecular complexity index is 265. The fourth-order valence-corrected chi connectivity index (χ4v) is 2.36. The zero-order chi connectivity index (χ0) is 13.4. The second-order valence-corrected chi connectivity index (χ2v) is 4.91. The SMILES string of the molecule is C=CCONC(=O)C(O)[C@H](N)CC1CCCCC1. The van der Waals surface area contributed by atoms with E-state index in [9.17, 15) is 9.90 Å². The minimum Gasteiger partial charge on any atom is -0.382 e. The van der Waals surface area contributed by atoms with Crippen LogP contribution < -0.4 is 11.2 Å². The summed E-state index contributed by atoms with van der Waals surface area (Å²) in [4.78, 5) is 16.3. The van der Waals surface area contributed by atoms with Crippen LogP contribution in [0.5, 0.6) is 0 Å². The zero-order valence-corrected chi connectivity index (χ0v) is 10.8. The highest BCUT2D eigenvalue weighted by atomic mass is 16.7. The van der Waals surface area contributed by atoms with Crippen molar-refractivity contribution in [2.75, 3.05) is 6.61 Å². The van der Waals surface area contributed by atoms with Crippen molar-refractivity contribution in [3.8, 4) is 0 Å². The van der Waals surface area contributed by atoms with Crippen LogP contribution >= 0.6 is 0 Å². The molecule has 1 unspecified atom stereocenters. The lowest BCUT2D eigenvalue weighted by atomic mass is 9.84. The molecule has 0 aliphatic heterocycles. The number of carbonyl (C=O) groups is 1. The molecule has 1 fully saturated rings. The van der Waals surface area contributed by atoms with E-state index in [1.165, 1.54) is 25.3 Å². The van der Waals surface area contributed by atoms with Crippen LogP contribution in [0.15, 0.2) is 12.7 Å². The number of nitrogens with one attached hydrogen (secondary N) is 1. The van der Waals surface area contributed by atoms with Gasteiger partial charge in [-0.3, -0.25) is 9.63 Å². The molecule has 0 heterocycles. The minimum atomic E-state index is -1.21. The van der Waals surface area contributed by atoms with Gasteiger partial charge in [0.1, 0.15) is 6.10 Å². The number of hydrogen-bond acceptors (Lipinski definition) is 4. The summed E-state index contributed by atoms with van der Waals surface area (Å²) in [6, 6.07) is -0.527. The van der Waals surface area contributed by atoms with E-state index in [-0.39, 0.29) is 6.61 Å². The molecule has 0 spiro atoms. The minimum absolute atomic E-state index is 0.205. The third-order valence-electron chi connectivity index (χ3n) is 3.38. The molecule has 0 aromatic carbocycles. The average Bonchev–Trinajstić information content (AvgIpc) is 2.39. The molecular formula is C13H24N2O3. The molecule has 18 heavy (non-hydrogen) atoms. The van der Waals surface area contributed by atoms with Gasteiger partial charge in [0.25, 0.3) is 5.91 Å². The Morgan fingerprint density at radius 1 is 1.50 bits per heavy atom. The van der Waals surface area contributed by atoms with Gasteiger partial charge in [-0.15, -0.1) is 6.58 Å². The Balaban J connectivity index is 2.27. The van der Waals surface area contributed by atoms with Crippen molar-refractivity contribution in [2.45, 2.75) is 50.7 Å². The molecule has 1 aliphatic carbocycles. The highest BCUT2D eigenvalue weighted by molar-refractivity contribution is 5.80.